The van der Waals surface area contributed by atoms with Gasteiger partial charge < -0.3 is 10.2 Å². The number of piperazine rings is 1. The Hall–Kier alpha value is -1.06. The van der Waals surface area contributed by atoms with Gasteiger partial charge in [0.25, 0.3) is 0 Å². The molecule has 4 heteroatoms. The largest absolute Gasteiger partial charge is 0.352 e. The van der Waals surface area contributed by atoms with E-state index in [4.69, 9.17) is 0 Å². The van der Waals surface area contributed by atoms with E-state index in [2.05, 4.69) is 5.32 Å². The Morgan fingerprint density at radius 2 is 2.21 bits per heavy atom. The number of carbonyl (C=O) groups excluding carboxylic acids is 2. The van der Waals surface area contributed by atoms with Gasteiger partial charge >= 0.3 is 0 Å². The number of hydrogen-bond acceptors (Lipinski definition) is 2. The monoisotopic (exact) mass is 198 g/mol. The van der Waals surface area contributed by atoms with Crippen LogP contribution >= 0.6 is 0 Å². The predicted octanol–water partition coefficient (Wildman–Crippen LogP) is 0.523. The van der Waals surface area contributed by atoms with E-state index in [1.54, 1.807) is 4.90 Å². The van der Waals surface area contributed by atoms with Gasteiger partial charge in [0.05, 0.1) is 5.54 Å². The van der Waals surface area contributed by atoms with Crippen molar-refractivity contribution in [3.63, 3.8) is 0 Å². The van der Waals surface area contributed by atoms with Crippen LogP contribution in [0.4, 0.5) is 0 Å². The SMILES string of the molecule is CCCC(=O)N1CC(=O)NCC1(C)C. The predicted molar refractivity (Wildman–Crippen MR) is 53.7 cm³/mol. The summed E-state index contributed by atoms with van der Waals surface area (Å²) in [4.78, 5) is 24.5. The first kappa shape index (κ1) is 11.0. The molecule has 0 saturated carbocycles. The van der Waals surface area contributed by atoms with Crippen LogP contribution in [-0.2, 0) is 9.59 Å². The van der Waals surface area contributed by atoms with Gasteiger partial charge in [-0.15, -0.1) is 0 Å². The molecule has 1 rings (SSSR count). The quantitative estimate of drug-likeness (QED) is 0.703. The molecule has 1 aliphatic rings. The number of nitrogens with zero attached hydrogens (tertiary/aromatic N) is 1. The summed E-state index contributed by atoms with van der Waals surface area (Å²) in [7, 11) is 0. The van der Waals surface area contributed by atoms with Crippen molar-refractivity contribution in [2.75, 3.05) is 13.1 Å². The molecule has 0 radical (unpaired) electrons. The zero-order chi connectivity index (χ0) is 10.8. The molecule has 0 unspecified atom stereocenters. The maximum Gasteiger partial charge on any atom is 0.239 e. The normalized spacial score (nSPS) is 20.5. The van der Waals surface area contributed by atoms with Crippen molar-refractivity contribution >= 4 is 11.8 Å². The minimum absolute atomic E-state index is 0.0613. The highest BCUT2D eigenvalue weighted by atomic mass is 16.2. The van der Waals surface area contributed by atoms with Gasteiger partial charge in [-0.2, -0.15) is 0 Å². The van der Waals surface area contributed by atoms with Gasteiger partial charge in [0, 0.05) is 13.0 Å². The Bertz CT molecular complexity index is 249. The molecule has 1 N–H and O–H groups in total. The smallest absolute Gasteiger partial charge is 0.239 e. The lowest BCUT2D eigenvalue weighted by Gasteiger charge is -2.42. The van der Waals surface area contributed by atoms with Crippen LogP contribution in [-0.4, -0.2) is 35.3 Å². The van der Waals surface area contributed by atoms with Gasteiger partial charge in [-0.05, 0) is 20.3 Å². The first-order chi connectivity index (χ1) is 6.47. The zero-order valence-electron chi connectivity index (χ0n) is 9.09. The van der Waals surface area contributed by atoms with Gasteiger partial charge in [0.2, 0.25) is 11.8 Å². The van der Waals surface area contributed by atoms with E-state index in [0.717, 1.165) is 6.42 Å². The fourth-order valence-electron chi connectivity index (χ4n) is 1.60. The molecule has 0 aromatic carbocycles. The Labute approximate surface area is 84.7 Å². The van der Waals surface area contributed by atoms with E-state index in [1.165, 1.54) is 0 Å². The van der Waals surface area contributed by atoms with E-state index in [9.17, 15) is 9.59 Å². The van der Waals surface area contributed by atoms with E-state index in [1.807, 2.05) is 20.8 Å². The first-order valence-electron chi connectivity index (χ1n) is 5.04. The number of hydrogen-bond donors (Lipinski definition) is 1. The Morgan fingerprint density at radius 3 is 2.79 bits per heavy atom. The molecule has 80 valence electrons. The second-order valence-electron chi connectivity index (χ2n) is 4.32. The highest BCUT2D eigenvalue weighted by Gasteiger charge is 2.35. The van der Waals surface area contributed by atoms with Crippen molar-refractivity contribution in [1.29, 1.82) is 0 Å². The average Bonchev–Trinajstić information content (AvgIpc) is 2.10. The van der Waals surface area contributed by atoms with Gasteiger partial charge in [-0.3, -0.25) is 9.59 Å². The van der Waals surface area contributed by atoms with Crippen LogP contribution in [0, 0.1) is 0 Å². The molecule has 0 aliphatic carbocycles. The minimum Gasteiger partial charge on any atom is -0.352 e. The number of carbonyl (C=O) groups is 2. The van der Waals surface area contributed by atoms with Crippen LogP contribution in [0.3, 0.4) is 0 Å². The molecule has 1 fully saturated rings. The van der Waals surface area contributed by atoms with Crippen LogP contribution in [0.5, 0.6) is 0 Å². The molecule has 4 nitrogen and oxygen atoms in total. The first-order valence-corrected chi connectivity index (χ1v) is 5.04. The molecule has 0 atom stereocenters. The summed E-state index contributed by atoms with van der Waals surface area (Å²) in [5.41, 5.74) is -0.250. The zero-order valence-corrected chi connectivity index (χ0v) is 9.09. The summed E-state index contributed by atoms with van der Waals surface area (Å²) in [5.74, 6) is 0.0149. The van der Waals surface area contributed by atoms with Crippen molar-refractivity contribution in [3.05, 3.63) is 0 Å². The molecular weight excluding hydrogens is 180 g/mol. The summed E-state index contributed by atoms with van der Waals surface area (Å²) in [6, 6.07) is 0. The lowest BCUT2D eigenvalue weighted by Crippen LogP contribution is -2.62. The Kier molecular flexibility index (Phi) is 3.13. The lowest BCUT2D eigenvalue weighted by atomic mass is 9.99. The van der Waals surface area contributed by atoms with E-state index in [-0.39, 0.29) is 23.9 Å². The van der Waals surface area contributed by atoms with Gasteiger partial charge in [-0.25, -0.2) is 0 Å². The highest BCUT2D eigenvalue weighted by Crippen LogP contribution is 2.18. The Balaban J connectivity index is 2.71. The second-order valence-corrected chi connectivity index (χ2v) is 4.32. The van der Waals surface area contributed by atoms with Crippen LogP contribution in [0.15, 0.2) is 0 Å². The number of rotatable bonds is 2. The van der Waals surface area contributed by atoms with Crippen LogP contribution in [0.2, 0.25) is 0 Å². The molecule has 1 heterocycles. The summed E-state index contributed by atoms with van der Waals surface area (Å²) < 4.78 is 0. The number of amides is 2. The van der Waals surface area contributed by atoms with E-state index in [0.29, 0.717) is 13.0 Å². The Morgan fingerprint density at radius 1 is 1.57 bits per heavy atom. The maximum atomic E-state index is 11.7. The van der Waals surface area contributed by atoms with Gasteiger partial charge in [-0.1, -0.05) is 6.92 Å². The van der Waals surface area contributed by atoms with Crippen LogP contribution in [0.1, 0.15) is 33.6 Å². The molecule has 0 aromatic heterocycles. The standard InChI is InChI=1S/C10H18N2O2/c1-4-5-9(14)12-6-8(13)11-7-10(12,2)3/h4-7H2,1-3H3,(H,11,13). The van der Waals surface area contributed by atoms with Crippen molar-refractivity contribution in [2.45, 2.75) is 39.2 Å². The van der Waals surface area contributed by atoms with Crippen LogP contribution in [0.25, 0.3) is 0 Å². The third-order valence-electron chi connectivity index (χ3n) is 2.52. The maximum absolute atomic E-state index is 11.7. The average molecular weight is 198 g/mol. The summed E-state index contributed by atoms with van der Waals surface area (Å²) >= 11 is 0. The summed E-state index contributed by atoms with van der Waals surface area (Å²) in [6.45, 7) is 6.65. The molecule has 0 spiro atoms. The van der Waals surface area contributed by atoms with E-state index >= 15 is 0 Å². The fourth-order valence-corrected chi connectivity index (χ4v) is 1.60. The number of nitrogens with one attached hydrogen (secondary N) is 1. The van der Waals surface area contributed by atoms with Crippen LogP contribution < -0.4 is 5.32 Å². The molecule has 0 aromatic rings. The van der Waals surface area contributed by atoms with Gasteiger partial charge in [0.1, 0.15) is 6.54 Å². The second kappa shape index (κ2) is 3.98. The topological polar surface area (TPSA) is 49.4 Å². The third kappa shape index (κ3) is 2.25. The molecule has 0 bridgehead atoms. The van der Waals surface area contributed by atoms with Crippen molar-refractivity contribution in [3.8, 4) is 0 Å². The van der Waals surface area contributed by atoms with Gasteiger partial charge in [0.15, 0.2) is 0 Å². The van der Waals surface area contributed by atoms with Crippen molar-refractivity contribution < 1.29 is 9.59 Å². The molecule has 1 saturated heterocycles. The summed E-state index contributed by atoms with van der Waals surface area (Å²) in [6.07, 6.45) is 1.35. The van der Waals surface area contributed by atoms with E-state index < -0.39 is 0 Å². The van der Waals surface area contributed by atoms with Crippen molar-refractivity contribution in [1.82, 2.24) is 10.2 Å². The highest BCUT2D eigenvalue weighted by molar-refractivity contribution is 5.86. The minimum atomic E-state index is -0.250. The third-order valence-corrected chi connectivity index (χ3v) is 2.52. The molecular formula is C10H18N2O2. The lowest BCUT2D eigenvalue weighted by molar-refractivity contribution is -0.145. The molecule has 2 amide bonds. The van der Waals surface area contributed by atoms with Crippen molar-refractivity contribution in [2.24, 2.45) is 0 Å². The summed E-state index contributed by atoms with van der Waals surface area (Å²) in [5, 5.41) is 2.77. The molecule has 14 heavy (non-hydrogen) atoms. The molecule has 1 aliphatic heterocycles. The fraction of sp³-hybridized carbons (Fsp3) is 0.800.